The smallest absolute Gasteiger partial charge is 0.264 e. The zero-order chi connectivity index (χ0) is 31.0. The number of nitrogens with one attached hydrogen (secondary N) is 1. The number of benzene rings is 3. The number of carbonyl (C=O) groups is 2. The van der Waals surface area contributed by atoms with Crippen molar-refractivity contribution in [2.75, 3.05) is 17.5 Å². The molecule has 2 amide bonds. The highest BCUT2D eigenvalue weighted by molar-refractivity contribution is 7.92. The fourth-order valence-electron chi connectivity index (χ4n) is 4.29. The third-order valence-electron chi connectivity index (χ3n) is 6.32. The molecule has 1 atom stereocenters. The van der Waals surface area contributed by atoms with Gasteiger partial charge >= 0.3 is 0 Å². The van der Waals surface area contributed by atoms with Gasteiger partial charge in [0.25, 0.3) is 10.0 Å². The fraction of sp³-hybridized carbons (Fsp3) is 0.333. The number of anilines is 1. The zero-order valence-electron chi connectivity index (χ0n) is 23.8. The number of sulfonamides is 1. The third-order valence-corrected chi connectivity index (χ3v) is 9.07. The SMILES string of the molecule is CCOc1ccc(N(CC(=O)N(Cc2c(Cl)cccc2Cl)[C@@H](CC)C(=O)NC(C)C)S(=O)(=O)c2ccc(Cl)cc2)cc1. The number of halogens is 3. The molecule has 0 unspecified atom stereocenters. The zero-order valence-corrected chi connectivity index (χ0v) is 26.9. The summed E-state index contributed by atoms with van der Waals surface area (Å²) in [6.45, 7) is 6.95. The van der Waals surface area contributed by atoms with E-state index in [1.54, 1.807) is 49.4 Å². The molecule has 3 aromatic rings. The number of hydrogen-bond acceptors (Lipinski definition) is 5. The highest BCUT2D eigenvalue weighted by atomic mass is 35.5. The molecule has 0 aliphatic heterocycles. The highest BCUT2D eigenvalue weighted by Gasteiger charge is 2.34. The van der Waals surface area contributed by atoms with Gasteiger partial charge in [-0.05, 0) is 87.9 Å². The molecule has 226 valence electrons. The first-order chi connectivity index (χ1) is 19.9. The average molecular weight is 655 g/mol. The van der Waals surface area contributed by atoms with Gasteiger partial charge in [0.1, 0.15) is 18.3 Å². The van der Waals surface area contributed by atoms with Crippen molar-refractivity contribution in [3.8, 4) is 5.75 Å². The molecule has 0 aromatic heterocycles. The van der Waals surface area contributed by atoms with Crippen LogP contribution in [0.3, 0.4) is 0 Å². The van der Waals surface area contributed by atoms with E-state index in [-0.39, 0.29) is 35.5 Å². The van der Waals surface area contributed by atoms with Crippen molar-refractivity contribution in [2.24, 2.45) is 0 Å². The summed E-state index contributed by atoms with van der Waals surface area (Å²) in [4.78, 5) is 28.7. The summed E-state index contributed by atoms with van der Waals surface area (Å²) >= 11 is 18.9. The van der Waals surface area contributed by atoms with Gasteiger partial charge in [0.15, 0.2) is 0 Å². The topological polar surface area (TPSA) is 96.0 Å². The second kappa shape index (κ2) is 15.0. The molecule has 0 aliphatic carbocycles. The lowest BCUT2D eigenvalue weighted by Gasteiger charge is -2.34. The van der Waals surface area contributed by atoms with Gasteiger partial charge in [-0.15, -0.1) is 0 Å². The Morgan fingerprint density at radius 1 is 0.905 bits per heavy atom. The van der Waals surface area contributed by atoms with E-state index < -0.39 is 28.5 Å². The lowest BCUT2D eigenvalue weighted by molar-refractivity contribution is -0.140. The molecule has 3 aromatic carbocycles. The molecule has 0 bridgehead atoms. The second-order valence-electron chi connectivity index (χ2n) is 9.70. The monoisotopic (exact) mass is 653 g/mol. The molecule has 0 fully saturated rings. The molecule has 3 rings (SSSR count). The summed E-state index contributed by atoms with van der Waals surface area (Å²) in [7, 11) is -4.25. The van der Waals surface area contributed by atoms with Crippen LogP contribution in [0, 0.1) is 0 Å². The number of carbonyl (C=O) groups excluding carboxylic acids is 2. The van der Waals surface area contributed by atoms with Crippen LogP contribution in [0.1, 0.15) is 39.7 Å². The van der Waals surface area contributed by atoms with E-state index in [4.69, 9.17) is 39.5 Å². The third kappa shape index (κ3) is 8.31. The van der Waals surface area contributed by atoms with Crippen LogP contribution in [0.5, 0.6) is 5.75 Å². The molecule has 42 heavy (non-hydrogen) atoms. The van der Waals surface area contributed by atoms with E-state index in [0.717, 1.165) is 4.31 Å². The first-order valence-electron chi connectivity index (χ1n) is 13.4. The van der Waals surface area contributed by atoms with Crippen LogP contribution >= 0.6 is 34.8 Å². The molecule has 0 heterocycles. The Hall–Kier alpha value is -2.98. The lowest BCUT2D eigenvalue weighted by atomic mass is 10.1. The van der Waals surface area contributed by atoms with Crippen LogP contribution in [-0.4, -0.2) is 50.4 Å². The van der Waals surface area contributed by atoms with Gasteiger partial charge in [0.2, 0.25) is 11.8 Å². The Morgan fingerprint density at radius 3 is 2.02 bits per heavy atom. The summed E-state index contributed by atoms with van der Waals surface area (Å²) < 4.78 is 34.4. The highest BCUT2D eigenvalue weighted by Crippen LogP contribution is 2.30. The standard InChI is InChI=1S/C30H34Cl3N3O5S/c1-5-28(30(38)34-20(3)4)35(18-25-26(32)8-7-9-27(25)33)29(37)19-36(22-12-14-23(15-13-22)41-6-2)42(39,40)24-16-10-21(31)11-17-24/h7-17,20,28H,5-6,18-19H2,1-4H3,(H,34,38)/t28-/m0/s1. The van der Waals surface area contributed by atoms with Crippen LogP contribution in [0.15, 0.2) is 71.6 Å². The van der Waals surface area contributed by atoms with Crippen LogP contribution in [0.25, 0.3) is 0 Å². The molecule has 0 saturated heterocycles. The van der Waals surface area contributed by atoms with Crippen LogP contribution in [-0.2, 0) is 26.2 Å². The van der Waals surface area contributed by atoms with E-state index in [9.17, 15) is 18.0 Å². The maximum Gasteiger partial charge on any atom is 0.264 e. The minimum Gasteiger partial charge on any atom is -0.494 e. The van der Waals surface area contributed by atoms with Crippen molar-refractivity contribution in [3.63, 3.8) is 0 Å². The summed E-state index contributed by atoms with van der Waals surface area (Å²) in [6.07, 6.45) is 0.263. The molecule has 0 radical (unpaired) electrons. The molecule has 0 aliphatic rings. The molecule has 1 N–H and O–H groups in total. The van der Waals surface area contributed by atoms with Crippen LogP contribution < -0.4 is 14.4 Å². The Balaban J connectivity index is 2.10. The van der Waals surface area contributed by atoms with Gasteiger partial charge in [0.05, 0.1) is 17.2 Å². The number of ether oxygens (including phenoxy) is 1. The van der Waals surface area contributed by atoms with Crippen molar-refractivity contribution < 1.29 is 22.7 Å². The average Bonchev–Trinajstić information content (AvgIpc) is 2.93. The molecular weight excluding hydrogens is 621 g/mol. The van der Waals surface area contributed by atoms with Gasteiger partial charge in [-0.25, -0.2) is 8.42 Å². The number of rotatable bonds is 13. The van der Waals surface area contributed by atoms with Crippen molar-refractivity contribution in [3.05, 3.63) is 87.4 Å². The first-order valence-corrected chi connectivity index (χ1v) is 16.0. The summed E-state index contributed by atoms with van der Waals surface area (Å²) in [5, 5.41) is 3.85. The molecule has 8 nitrogen and oxygen atoms in total. The Bertz CT molecular complexity index is 1460. The van der Waals surface area contributed by atoms with Gasteiger partial charge in [-0.1, -0.05) is 47.8 Å². The van der Waals surface area contributed by atoms with E-state index in [1.165, 1.54) is 29.2 Å². The minimum absolute atomic E-state index is 0.0566. The molecular formula is C30H34Cl3N3O5S. The summed E-state index contributed by atoms with van der Waals surface area (Å²) in [6, 6.07) is 15.9. The van der Waals surface area contributed by atoms with E-state index in [0.29, 0.717) is 33.0 Å². The van der Waals surface area contributed by atoms with Gasteiger partial charge in [-0.2, -0.15) is 0 Å². The molecule has 12 heteroatoms. The Labute approximate surface area is 262 Å². The van der Waals surface area contributed by atoms with Crippen molar-refractivity contribution in [1.29, 1.82) is 0 Å². The molecule has 0 spiro atoms. The number of nitrogens with zero attached hydrogens (tertiary/aromatic N) is 2. The first kappa shape index (κ1) is 33.5. The maximum absolute atomic E-state index is 14.2. The lowest BCUT2D eigenvalue weighted by Crippen LogP contribution is -2.53. The van der Waals surface area contributed by atoms with Crippen LogP contribution in [0.2, 0.25) is 15.1 Å². The summed E-state index contributed by atoms with van der Waals surface area (Å²) in [5.74, 6) is -0.455. The van der Waals surface area contributed by atoms with E-state index in [1.807, 2.05) is 20.8 Å². The van der Waals surface area contributed by atoms with E-state index >= 15 is 0 Å². The normalized spacial score (nSPS) is 12.1. The predicted octanol–water partition coefficient (Wildman–Crippen LogP) is 6.57. The van der Waals surface area contributed by atoms with Gasteiger partial charge < -0.3 is 15.0 Å². The number of amides is 2. The van der Waals surface area contributed by atoms with Crippen molar-refractivity contribution in [2.45, 2.75) is 57.6 Å². The predicted molar refractivity (Wildman–Crippen MR) is 168 cm³/mol. The van der Waals surface area contributed by atoms with Crippen LogP contribution in [0.4, 0.5) is 5.69 Å². The Kier molecular flexibility index (Phi) is 11.9. The molecule has 0 saturated carbocycles. The van der Waals surface area contributed by atoms with Gasteiger partial charge in [-0.3, -0.25) is 13.9 Å². The Morgan fingerprint density at radius 2 is 1.50 bits per heavy atom. The fourth-order valence-corrected chi connectivity index (χ4v) is 6.35. The minimum atomic E-state index is -4.25. The summed E-state index contributed by atoms with van der Waals surface area (Å²) in [5.41, 5.74) is 0.676. The van der Waals surface area contributed by atoms with Crippen molar-refractivity contribution in [1.82, 2.24) is 10.2 Å². The van der Waals surface area contributed by atoms with Gasteiger partial charge in [0, 0.05) is 33.2 Å². The number of hydrogen-bond donors (Lipinski definition) is 1. The van der Waals surface area contributed by atoms with E-state index in [2.05, 4.69) is 5.32 Å². The second-order valence-corrected chi connectivity index (χ2v) is 12.8. The quantitative estimate of drug-likeness (QED) is 0.225. The van der Waals surface area contributed by atoms with Crippen molar-refractivity contribution >= 4 is 62.3 Å². The maximum atomic E-state index is 14.2. The largest absolute Gasteiger partial charge is 0.494 e.